The Kier molecular flexibility index (Phi) is 4.92. The van der Waals surface area contributed by atoms with Crippen LogP contribution in [0.2, 0.25) is 5.02 Å². The summed E-state index contributed by atoms with van der Waals surface area (Å²) in [5.74, 6) is 0.856. The molecule has 0 spiro atoms. The van der Waals surface area contributed by atoms with Crippen molar-refractivity contribution < 1.29 is 9.53 Å². The van der Waals surface area contributed by atoms with Gasteiger partial charge in [-0.1, -0.05) is 11.6 Å². The van der Waals surface area contributed by atoms with Gasteiger partial charge < -0.3 is 15.8 Å². The van der Waals surface area contributed by atoms with Gasteiger partial charge in [-0.3, -0.25) is 4.79 Å². The highest BCUT2D eigenvalue weighted by Crippen LogP contribution is 2.33. The minimum absolute atomic E-state index is 0.0373. The lowest BCUT2D eigenvalue weighted by atomic mass is 10.1. The lowest BCUT2D eigenvalue weighted by molar-refractivity contribution is 0.0930. The zero-order valence-corrected chi connectivity index (χ0v) is 13.5. The largest absolute Gasteiger partial charge is 0.496 e. The van der Waals surface area contributed by atoms with Crippen molar-refractivity contribution in [1.82, 2.24) is 5.32 Å². The van der Waals surface area contributed by atoms with E-state index in [1.165, 1.54) is 7.11 Å². The first kappa shape index (κ1) is 14.9. The topological polar surface area (TPSA) is 64.3 Å². The number of carbonyl (C=O) groups is 1. The maximum atomic E-state index is 12.3. The van der Waals surface area contributed by atoms with E-state index in [1.54, 1.807) is 12.1 Å². The molecule has 4 nitrogen and oxygen atoms in total. The van der Waals surface area contributed by atoms with E-state index in [-0.39, 0.29) is 11.9 Å². The lowest BCUT2D eigenvalue weighted by Gasteiger charge is -2.17. The van der Waals surface area contributed by atoms with Crippen LogP contribution in [0, 0.1) is 9.49 Å². The minimum Gasteiger partial charge on any atom is -0.496 e. The number of ether oxygens (including phenoxy) is 1. The van der Waals surface area contributed by atoms with Crippen LogP contribution in [0.5, 0.6) is 5.75 Å². The van der Waals surface area contributed by atoms with Crippen LogP contribution in [0.3, 0.4) is 0 Å². The Labute approximate surface area is 131 Å². The number of nitrogens with one attached hydrogen (secondary N) is 1. The van der Waals surface area contributed by atoms with E-state index in [0.717, 1.165) is 16.4 Å². The van der Waals surface area contributed by atoms with Crippen molar-refractivity contribution in [1.29, 1.82) is 0 Å². The van der Waals surface area contributed by atoms with Gasteiger partial charge in [-0.05, 0) is 53.5 Å². The van der Waals surface area contributed by atoms with Crippen molar-refractivity contribution in [2.24, 2.45) is 11.7 Å². The predicted octanol–water partition coefficient (Wildman–Crippen LogP) is 2.42. The van der Waals surface area contributed by atoms with Crippen molar-refractivity contribution in [2.75, 3.05) is 13.7 Å². The summed E-state index contributed by atoms with van der Waals surface area (Å²) in [6.07, 6.45) is 2.26. The molecule has 2 rings (SSSR count). The molecule has 1 unspecified atom stereocenters. The van der Waals surface area contributed by atoms with E-state index in [0.29, 0.717) is 28.8 Å². The summed E-state index contributed by atoms with van der Waals surface area (Å²) in [7, 11) is 1.54. The molecule has 0 aromatic heterocycles. The maximum Gasteiger partial charge on any atom is 0.255 e. The molecule has 3 N–H and O–H groups in total. The fraction of sp³-hybridized carbons (Fsp3) is 0.462. The van der Waals surface area contributed by atoms with Crippen LogP contribution >= 0.6 is 34.2 Å². The molecule has 1 aliphatic rings. The highest BCUT2D eigenvalue weighted by molar-refractivity contribution is 14.1. The Morgan fingerprint density at radius 1 is 1.63 bits per heavy atom. The summed E-state index contributed by atoms with van der Waals surface area (Å²) in [5, 5.41) is 3.51. The minimum atomic E-state index is -0.183. The van der Waals surface area contributed by atoms with Crippen molar-refractivity contribution in [2.45, 2.75) is 18.9 Å². The van der Waals surface area contributed by atoms with Gasteiger partial charge in [0.25, 0.3) is 5.91 Å². The second kappa shape index (κ2) is 6.28. The molecular weight excluding hydrogens is 379 g/mol. The van der Waals surface area contributed by atoms with E-state index < -0.39 is 0 Å². The van der Waals surface area contributed by atoms with Crippen LogP contribution in [-0.4, -0.2) is 25.6 Å². The number of rotatable bonds is 5. The van der Waals surface area contributed by atoms with Gasteiger partial charge in [0.05, 0.1) is 17.7 Å². The Morgan fingerprint density at radius 3 is 2.84 bits per heavy atom. The summed E-state index contributed by atoms with van der Waals surface area (Å²) in [5.41, 5.74) is 6.14. The molecule has 1 aromatic carbocycles. The maximum absolute atomic E-state index is 12.3. The third-order valence-electron chi connectivity index (χ3n) is 3.25. The van der Waals surface area contributed by atoms with E-state index >= 15 is 0 Å². The number of benzene rings is 1. The standard InChI is InChI=1S/C13H16ClIN2O2/c1-19-12-5-10(15)9(14)4-8(12)13(18)17-11(6-16)7-2-3-7/h4-5,7,11H,2-3,6,16H2,1H3,(H,17,18). The second-order valence-electron chi connectivity index (χ2n) is 4.62. The van der Waals surface area contributed by atoms with Crippen LogP contribution < -0.4 is 15.8 Å². The van der Waals surface area contributed by atoms with Gasteiger partial charge >= 0.3 is 0 Å². The Bertz CT molecular complexity index is 492. The molecule has 19 heavy (non-hydrogen) atoms. The third kappa shape index (κ3) is 3.52. The quantitative estimate of drug-likeness (QED) is 0.754. The number of nitrogens with two attached hydrogens (primary N) is 1. The average Bonchev–Trinajstić information content (AvgIpc) is 3.22. The first-order valence-electron chi connectivity index (χ1n) is 6.10. The van der Waals surface area contributed by atoms with Crippen LogP contribution in [0.1, 0.15) is 23.2 Å². The summed E-state index contributed by atoms with van der Waals surface area (Å²) in [6, 6.07) is 3.43. The molecule has 0 radical (unpaired) electrons. The molecule has 1 aliphatic carbocycles. The molecule has 1 fully saturated rings. The summed E-state index contributed by atoms with van der Waals surface area (Å²) in [4.78, 5) is 12.3. The zero-order valence-electron chi connectivity index (χ0n) is 10.6. The van der Waals surface area contributed by atoms with E-state index in [9.17, 15) is 4.79 Å². The SMILES string of the molecule is COc1cc(I)c(Cl)cc1C(=O)NC(CN)C1CC1. The smallest absolute Gasteiger partial charge is 0.255 e. The van der Waals surface area contributed by atoms with E-state index in [1.807, 2.05) is 0 Å². The third-order valence-corrected chi connectivity index (χ3v) is 4.77. The number of amides is 1. The summed E-state index contributed by atoms with van der Waals surface area (Å²) >= 11 is 8.17. The van der Waals surface area contributed by atoms with Crippen LogP contribution in [0.4, 0.5) is 0 Å². The van der Waals surface area contributed by atoms with Crippen LogP contribution in [0.25, 0.3) is 0 Å². The molecule has 0 aliphatic heterocycles. The van der Waals surface area contributed by atoms with Gasteiger partial charge in [0.1, 0.15) is 5.75 Å². The summed E-state index contributed by atoms with van der Waals surface area (Å²) < 4.78 is 6.09. The molecular formula is C13H16ClIN2O2. The highest BCUT2D eigenvalue weighted by Gasteiger charge is 2.32. The molecule has 0 saturated heterocycles. The van der Waals surface area contributed by atoms with Crippen molar-refractivity contribution >= 4 is 40.1 Å². The zero-order chi connectivity index (χ0) is 14.0. The molecule has 1 amide bonds. The fourth-order valence-electron chi connectivity index (χ4n) is 1.99. The van der Waals surface area contributed by atoms with Crippen molar-refractivity contribution in [3.63, 3.8) is 0 Å². The molecule has 6 heteroatoms. The first-order chi connectivity index (χ1) is 9.06. The van der Waals surface area contributed by atoms with Gasteiger partial charge in [-0.25, -0.2) is 0 Å². The van der Waals surface area contributed by atoms with Gasteiger partial charge in [0, 0.05) is 16.2 Å². The average molecular weight is 395 g/mol. The molecule has 0 bridgehead atoms. The Balaban J connectivity index is 2.19. The van der Waals surface area contributed by atoms with Gasteiger partial charge in [-0.15, -0.1) is 0 Å². The monoisotopic (exact) mass is 394 g/mol. The van der Waals surface area contributed by atoms with Gasteiger partial charge in [0.15, 0.2) is 0 Å². The number of methoxy groups -OCH3 is 1. The predicted molar refractivity (Wildman–Crippen MR) is 83.8 cm³/mol. The molecule has 0 heterocycles. The van der Waals surface area contributed by atoms with Crippen LogP contribution in [-0.2, 0) is 0 Å². The molecule has 1 aromatic rings. The number of hydrogen-bond acceptors (Lipinski definition) is 3. The molecule has 1 atom stereocenters. The number of hydrogen-bond donors (Lipinski definition) is 2. The van der Waals surface area contributed by atoms with Gasteiger partial charge in [-0.2, -0.15) is 0 Å². The lowest BCUT2D eigenvalue weighted by Crippen LogP contribution is -2.41. The number of carbonyl (C=O) groups excluding carboxylic acids is 1. The van der Waals surface area contributed by atoms with Crippen molar-refractivity contribution in [3.8, 4) is 5.75 Å². The van der Waals surface area contributed by atoms with E-state index in [4.69, 9.17) is 22.1 Å². The fourth-order valence-corrected chi connectivity index (χ4v) is 2.59. The Morgan fingerprint density at radius 2 is 2.32 bits per heavy atom. The highest BCUT2D eigenvalue weighted by atomic mass is 127. The van der Waals surface area contributed by atoms with Gasteiger partial charge in [0.2, 0.25) is 0 Å². The normalized spacial score (nSPS) is 16.0. The first-order valence-corrected chi connectivity index (χ1v) is 7.56. The van der Waals surface area contributed by atoms with Crippen molar-refractivity contribution in [3.05, 3.63) is 26.3 Å². The number of halogens is 2. The summed E-state index contributed by atoms with van der Waals surface area (Å²) in [6.45, 7) is 0.455. The second-order valence-corrected chi connectivity index (χ2v) is 6.19. The Hall–Kier alpha value is -0.530. The van der Waals surface area contributed by atoms with Crippen LogP contribution in [0.15, 0.2) is 12.1 Å². The molecule has 1 saturated carbocycles. The van der Waals surface area contributed by atoms with E-state index in [2.05, 4.69) is 27.9 Å². The molecule has 104 valence electrons.